The molecule has 8 nitrogen and oxygen atoms in total. The monoisotopic (exact) mass is 423 g/mol. The van der Waals surface area contributed by atoms with Gasteiger partial charge in [0.15, 0.2) is 11.7 Å². The minimum Gasteiger partial charge on any atom is -0.449 e. The van der Waals surface area contributed by atoms with Crippen LogP contribution in [-0.4, -0.2) is 54.0 Å². The molecule has 31 heavy (non-hydrogen) atoms. The molecule has 0 amide bonds. The largest absolute Gasteiger partial charge is 0.449 e. The van der Waals surface area contributed by atoms with Crippen molar-refractivity contribution >= 4 is 29.1 Å². The van der Waals surface area contributed by atoms with Gasteiger partial charge in [0.05, 0.1) is 34.7 Å². The molecular formula is C22H22FN5O3. The van der Waals surface area contributed by atoms with E-state index in [1.54, 1.807) is 6.92 Å². The Bertz CT molecular complexity index is 1230. The van der Waals surface area contributed by atoms with Crippen molar-refractivity contribution in [2.24, 2.45) is 15.4 Å². The third kappa shape index (κ3) is 2.62. The van der Waals surface area contributed by atoms with E-state index in [-0.39, 0.29) is 23.8 Å². The standard InChI is InChI=1S/C22H22FN5O3/c1-11-6-28-19-14(5-22(8-24-10-25-9-22)21(28)12(2)30-11)4-15-18(16-7-29-13(3)26-16)27-31-20(15)17(19)23/h4,7-9,11-12,21H,5-6,10H2,1-3H3/t11-,12+,21-/m0/s1. The third-order valence-corrected chi connectivity index (χ3v) is 6.46. The summed E-state index contributed by atoms with van der Waals surface area (Å²) in [4.78, 5) is 15.4. The zero-order valence-corrected chi connectivity index (χ0v) is 17.5. The van der Waals surface area contributed by atoms with Crippen LogP contribution in [0.4, 0.5) is 10.1 Å². The van der Waals surface area contributed by atoms with Gasteiger partial charge < -0.3 is 18.6 Å². The molecule has 0 unspecified atom stereocenters. The van der Waals surface area contributed by atoms with Crippen molar-refractivity contribution in [1.29, 1.82) is 0 Å². The number of ether oxygens (including phenoxy) is 1. The van der Waals surface area contributed by atoms with Crippen molar-refractivity contribution in [2.75, 3.05) is 18.1 Å². The summed E-state index contributed by atoms with van der Waals surface area (Å²) < 4.78 is 32.9. The van der Waals surface area contributed by atoms with Gasteiger partial charge in [-0.1, -0.05) is 5.16 Å². The van der Waals surface area contributed by atoms with Crippen LogP contribution < -0.4 is 4.90 Å². The zero-order valence-electron chi connectivity index (χ0n) is 17.5. The van der Waals surface area contributed by atoms with E-state index in [1.165, 1.54) is 6.26 Å². The number of fused-ring (bicyclic) bond motifs is 5. The molecule has 6 rings (SSSR count). The van der Waals surface area contributed by atoms with Crippen molar-refractivity contribution in [2.45, 2.75) is 45.4 Å². The second kappa shape index (κ2) is 6.46. The third-order valence-electron chi connectivity index (χ3n) is 6.46. The summed E-state index contributed by atoms with van der Waals surface area (Å²) in [6.07, 6.45) is 5.85. The molecule has 0 aliphatic carbocycles. The predicted octanol–water partition coefficient (Wildman–Crippen LogP) is 3.57. The van der Waals surface area contributed by atoms with E-state index in [9.17, 15) is 0 Å². The number of aromatic nitrogens is 2. The molecule has 5 heterocycles. The summed E-state index contributed by atoms with van der Waals surface area (Å²) in [7, 11) is 0. The van der Waals surface area contributed by atoms with Gasteiger partial charge in [-0.05, 0) is 31.9 Å². The second-order valence-electron chi connectivity index (χ2n) is 8.66. The fraction of sp³-hybridized carbons (Fsp3) is 0.455. The van der Waals surface area contributed by atoms with E-state index in [4.69, 9.17) is 13.7 Å². The predicted molar refractivity (Wildman–Crippen MR) is 113 cm³/mol. The fourth-order valence-electron chi connectivity index (χ4n) is 5.45. The number of hydrogen-bond acceptors (Lipinski definition) is 8. The molecule has 9 heteroatoms. The van der Waals surface area contributed by atoms with Crippen LogP contribution >= 0.6 is 0 Å². The van der Waals surface area contributed by atoms with E-state index in [0.29, 0.717) is 48.0 Å². The maximum Gasteiger partial charge on any atom is 0.205 e. The van der Waals surface area contributed by atoms with Crippen LogP contribution in [0.25, 0.3) is 22.4 Å². The smallest absolute Gasteiger partial charge is 0.205 e. The number of anilines is 1. The van der Waals surface area contributed by atoms with E-state index < -0.39 is 11.2 Å². The maximum absolute atomic E-state index is 15.9. The summed E-state index contributed by atoms with van der Waals surface area (Å²) >= 11 is 0. The van der Waals surface area contributed by atoms with Gasteiger partial charge in [-0.2, -0.15) is 0 Å². The van der Waals surface area contributed by atoms with Crippen LogP contribution in [0.2, 0.25) is 0 Å². The van der Waals surface area contributed by atoms with E-state index in [2.05, 4.69) is 25.0 Å². The minimum absolute atomic E-state index is 0.0368. The molecule has 3 aliphatic heterocycles. The van der Waals surface area contributed by atoms with Crippen LogP contribution in [-0.2, 0) is 11.2 Å². The lowest BCUT2D eigenvalue weighted by atomic mass is 9.69. The number of aliphatic imine (C=N–C) groups is 2. The maximum atomic E-state index is 15.9. The Morgan fingerprint density at radius 3 is 2.77 bits per heavy atom. The van der Waals surface area contributed by atoms with Crippen LogP contribution in [0.3, 0.4) is 0 Å². The molecular weight excluding hydrogens is 401 g/mol. The lowest BCUT2D eigenvalue weighted by Gasteiger charge is -2.54. The number of benzene rings is 1. The summed E-state index contributed by atoms with van der Waals surface area (Å²) in [5.41, 5.74) is 2.07. The highest BCUT2D eigenvalue weighted by molar-refractivity contribution is 5.98. The van der Waals surface area contributed by atoms with Gasteiger partial charge in [0.25, 0.3) is 0 Å². The number of rotatable bonds is 1. The first-order valence-corrected chi connectivity index (χ1v) is 10.4. The topological polar surface area (TPSA) is 89.2 Å². The van der Waals surface area contributed by atoms with Gasteiger partial charge in [0.2, 0.25) is 5.58 Å². The highest BCUT2D eigenvalue weighted by Gasteiger charge is 2.52. The van der Waals surface area contributed by atoms with Gasteiger partial charge in [0, 0.05) is 25.9 Å². The van der Waals surface area contributed by atoms with Gasteiger partial charge in [-0.25, -0.2) is 9.37 Å². The van der Waals surface area contributed by atoms with E-state index in [0.717, 1.165) is 5.56 Å². The van der Waals surface area contributed by atoms with Gasteiger partial charge in [-0.3, -0.25) is 9.98 Å². The molecule has 160 valence electrons. The molecule has 1 saturated heterocycles. The number of aryl methyl sites for hydroxylation is 1. The molecule has 3 aromatic rings. The number of hydrogen-bond donors (Lipinski definition) is 0. The summed E-state index contributed by atoms with van der Waals surface area (Å²) in [5.74, 6) is 0.106. The quantitative estimate of drug-likeness (QED) is 0.595. The highest BCUT2D eigenvalue weighted by atomic mass is 19.1. The number of nitrogens with zero attached hydrogens (tertiary/aromatic N) is 5. The molecule has 3 aliphatic rings. The molecule has 1 spiro atoms. The zero-order chi connectivity index (χ0) is 21.3. The Kier molecular flexibility index (Phi) is 3.89. The molecule has 3 atom stereocenters. The highest BCUT2D eigenvalue weighted by Crippen LogP contribution is 2.48. The Hall–Kier alpha value is -3.07. The molecule has 1 aromatic carbocycles. The van der Waals surface area contributed by atoms with Gasteiger partial charge >= 0.3 is 0 Å². The van der Waals surface area contributed by atoms with Crippen LogP contribution in [0.1, 0.15) is 25.3 Å². The SMILES string of the molecule is Cc1nc(-c2noc3c(F)c4c(cc23)CC2(C=NCN=C2)[C@@H]2[C@@H](C)O[C@@H](C)CN42)co1. The van der Waals surface area contributed by atoms with E-state index >= 15 is 4.39 Å². The van der Waals surface area contributed by atoms with Crippen LogP contribution in [0.5, 0.6) is 0 Å². The van der Waals surface area contributed by atoms with Crippen LogP contribution in [0.15, 0.2) is 31.3 Å². The molecule has 0 radical (unpaired) electrons. The van der Waals surface area contributed by atoms with Gasteiger partial charge in [-0.15, -0.1) is 0 Å². The number of oxazole rings is 1. The van der Waals surface area contributed by atoms with Crippen LogP contribution in [0, 0.1) is 18.2 Å². The summed E-state index contributed by atoms with van der Waals surface area (Å²) in [6, 6.07) is 1.85. The van der Waals surface area contributed by atoms with Crippen molar-refractivity contribution < 1.29 is 18.1 Å². The van der Waals surface area contributed by atoms with Crippen molar-refractivity contribution in [3.63, 3.8) is 0 Å². The second-order valence-corrected chi connectivity index (χ2v) is 8.66. The summed E-state index contributed by atoms with van der Waals surface area (Å²) in [5, 5.41) is 4.70. The van der Waals surface area contributed by atoms with Crippen molar-refractivity contribution in [3.05, 3.63) is 29.6 Å². The molecule has 0 N–H and O–H groups in total. The lowest BCUT2D eigenvalue weighted by molar-refractivity contribution is -0.0432. The summed E-state index contributed by atoms with van der Waals surface area (Å²) in [6.45, 7) is 6.78. The average molecular weight is 423 g/mol. The molecule has 0 saturated carbocycles. The Labute approximate surface area is 177 Å². The lowest BCUT2D eigenvalue weighted by Crippen LogP contribution is -2.65. The fourth-order valence-corrected chi connectivity index (χ4v) is 5.45. The first kappa shape index (κ1) is 18.7. The Morgan fingerprint density at radius 2 is 2.03 bits per heavy atom. The van der Waals surface area contributed by atoms with Crippen molar-refractivity contribution in [1.82, 2.24) is 10.1 Å². The normalized spacial score (nSPS) is 26.5. The van der Waals surface area contributed by atoms with E-state index in [1.807, 2.05) is 32.3 Å². The number of morpholine rings is 1. The minimum atomic E-state index is -0.466. The molecule has 1 fully saturated rings. The number of halogens is 1. The van der Waals surface area contributed by atoms with Gasteiger partial charge in [0.1, 0.15) is 24.3 Å². The molecule has 0 bridgehead atoms. The Balaban J connectivity index is 1.59. The first-order valence-electron chi connectivity index (χ1n) is 10.4. The Morgan fingerprint density at radius 1 is 1.23 bits per heavy atom. The van der Waals surface area contributed by atoms with Crippen molar-refractivity contribution in [3.8, 4) is 11.4 Å². The average Bonchev–Trinajstić information content (AvgIpc) is 3.34. The first-order chi connectivity index (χ1) is 15.0. The molecule has 2 aromatic heterocycles.